The van der Waals surface area contributed by atoms with Gasteiger partial charge in [0.05, 0.1) is 11.3 Å². The molecule has 0 unspecified atom stereocenters. The lowest BCUT2D eigenvalue weighted by molar-refractivity contribution is 0.0697. The van der Waals surface area contributed by atoms with Gasteiger partial charge in [-0.15, -0.1) is 0 Å². The zero-order valence-corrected chi connectivity index (χ0v) is 11.1. The minimum atomic E-state index is -0.952. The monoisotopic (exact) mass is 273 g/mol. The average Bonchev–Trinajstić information content (AvgIpc) is 2.46. The molecule has 5 heteroatoms. The van der Waals surface area contributed by atoms with Gasteiger partial charge < -0.3 is 14.6 Å². The number of rotatable bonds is 6. The molecule has 104 valence electrons. The van der Waals surface area contributed by atoms with Crippen molar-refractivity contribution in [3.05, 3.63) is 53.9 Å². The number of hydrogen-bond acceptors (Lipinski definition) is 4. The van der Waals surface area contributed by atoms with E-state index in [2.05, 4.69) is 4.98 Å². The summed E-state index contributed by atoms with van der Waals surface area (Å²) in [5.41, 5.74) is 1.07. The van der Waals surface area contributed by atoms with E-state index in [-0.39, 0.29) is 5.56 Å². The van der Waals surface area contributed by atoms with Gasteiger partial charge in [0.25, 0.3) is 0 Å². The first-order chi connectivity index (χ1) is 9.66. The Kier molecular flexibility index (Phi) is 4.55. The molecule has 5 nitrogen and oxygen atoms in total. The van der Waals surface area contributed by atoms with E-state index in [1.165, 1.54) is 12.1 Å². The van der Waals surface area contributed by atoms with Gasteiger partial charge in [-0.05, 0) is 43.3 Å². The van der Waals surface area contributed by atoms with E-state index in [1.807, 2.05) is 19.1 Å². The quantitative estimate of drug-likeness (QED) is 0.819. The summed E-state index contributed by atoms with van der Waals surface area (Å²) >= 11 is 0. The van der Waals surface area contributed by atoms with Gasteiger partial charge in [0, 0.05) is 6.20 Å². The fourth-order valence-electron chi connectivity index (χ4n) is 1.63. The van der Waals surface area contributed by atoms with Crippen LogP contribution in [0.2, 0.25) is 0 Å². The lowest BCUT2D eigenvalue weighted by Crippen LogP contribution is -2.10. The number of pyridine rings is 1. The third-order valence-corrected chi connectivity index (χ3v) is 2.67. The number of nitrogens with zero attached hydrogens (tertiary/aromatic N) is 1. The average molecular weight is 273 g/mol. The Morgan fingerprint density at radius 2 is 1.85 bits per heavy atom. The third kappa shape index (κ3) is 3.71. The Balaban J connectivity index is 1.79. The zero-order chi connectivity index (χ0) is 14.4. The molecule has 0 bridgehead atoms. The van der Waals surface area contributed by atoms with Crippen molar-refractivity contribution in [2.45, 2.75) is 6.92 Å². The Bertz CT molecular complexity index is 581. The van der Waals surface area contributed by atoms with Crippen LogP contribution >= 0.6 is 0 Å². The number of carboxylic acids is 1. The van der Waals surface area contributed by atoms with Crippen molar-refractivity contribution in [1.82, 2.24) is 4.98 Å². The topological polar surface area (TPSA) is 68.7 Å². The molecule has 0 saturated heterocycles. The maximum Gasteiger partial charge on any atom is 0.335 e. The minimum absolute atomic E-state index is 0.236. The van der Waals surface area contributed by atoms with Crippen LogP contribution in [-0.2, 0) is 0 Å². The first-order valence-corrected chi connectivity index (χ1v) is 6.17. The van der Waals surface area contributed by atoms with Crippen molar-refractivity contribution in [3.8, 4) is 11.5 Å². The normalized spacial score (nSPS) is 10.1. The van der Waals surface area contributed by atoms with E-state index >= 15 is 0 Å². The van der Waals surface area contributed by atoms with Crippen molar-refractivity contribution in [2.24, 2.45) is 0 Å². The van der Waals surface area contributed by atoms with Crippen LogP contribution in [0.15, 0.2) is 42.6 Å². The van der Waals surface area contributed by atoms with Crippen LogP contribution in [-0.4, -0.2) is 29.3 Å². The molecule has 0 aliphatic carbocycles. The number of aromatic nitrogens is 1. The highest BCUT2D eigenvalue weighted by atomic mass is 16.5. The standard InChI is InChI=1S/C15H15NO4/c1-11-14(3-2-8-16-11)20-10-9-19-13-6-4-12(5-7-13)15(17)18/h2-8H,9-10H2,1H3,(H,17,18). The predicted octanol–water partition coefficient (Wildman–Crippen LogP) is 2.55. The van der Waals surface area contributed by atoms with Crippen molar-refractivity contribution in [3.63, 3.8) is 0 Å². The smallest absolute Gasteiger partial charge is 0.335 e. The SMILES string of the molecule is Cc1ncccc1OCCOc1ccc(C(=O)O)cc1. The molecule has 1 aromatic carbocycles. The van der Waals surface area contributed by atoms with Gasteiger partial charge in [-0.25, -0.2) is 4.79 Å². The summed E-state index contributed by atoms with van der Waals surface area (Å²) in [5, 5.41) is 8.78. The van der Waals surface area contributed by atoms with Gasteiger partial charge >= 0.3 is 5.97 Å². The van der Waals surface area contributed by atoms with Crippen LogP contribution in [0.4, 0.5) is 0 Å². The second-order valence-electron chi connectivity index (χ2n) is 4.11. The molecule has 1 N–H and O–H groups in total. The van der Waals surface area contributed by atoms with E-state index in [4.69, 9.17) is 14.6 Å². The maximum atomic E-state index is 10.7. The van der Waals surface area contributed by atoms with Crippen LogP contribution in [0.5, 0.6) is 11.5 Å². The fraction of sp³-hybridized carbons (Fsp3) is 0.200. The summed E-state index contributed by atoms with van der Waals surface area (Å²) < 4.78 is 11.0. The first kappa shape index (κ1) is 13.9. The van der Waals surface area contributed by atoms with E-state index in [0.717, 1.165) is 11.4 Å². The molecule has 2 aromatic rings. The van der Waals surface area contributed by atoms with Gasteiger partial charge in [0.1, 0.15) is 24.7 Å². The maximum absolute atomic E-state index is 10.7. The molecule has 1 aromatic heterocycles. The molecule has 0 radical (unpaired) electrons. The third-order valence-electron chi connectivity index (χ3n) is 2.67. The molecule has 0 aliphatic rings. The summed E-state index contributed by atoms with van der Waals surface area (Å²) in [5.74, 6) is 0.394. The number of carboxylic acid groups (broad SMARTS) is 1. The number of aryl methyl sites for hydroxylation is 1. The zero-order valence-electron chi connectivity index (χ0n) is 11.1. The second-order valence-corrected chi connectivity index (χ2v) is 4.11. The molecule has 2 rings (SSSR count). The summed E-state index contributed by atoms with van der Waals surface area (Å²) in [6, 6.07) is 9.92. The molecule has 0 aliphatic heterocycles. The highest BCUT2D eigenvalue weighted by molar-refractivity contribution is 5.87. The largest absolute Gasteiger partial charge is 0.490 e. The Morgan fingerprint density at radius 1 is 1.15 bits per heavy atom. The molecule has 0 spiro atoms. The van der Waals surface area contributed by atoms with Gasteiger partial charge in [0.15, 0.2) is 0 Å². The van der Waals surface area contributed by atoms with Gasteiger partial charge in [-0.1, -0.05) is 0 Å². The molecular formula is C15H15NO4. The summed E-state index contributed by atoms with van der Waals surface area (Å²) in [6.07, 6.45) is 1.71. The molecule has 0 fully saturated rings. The Labute approximate surface area is 116 Å². The number of hydrogen-bond donors (Lipinski definition) is 1. The summed E-state index contributed by atoms with van der Waals surface area (Å²) in [7, 11) is 0. The van der Waals surface area contributed by atoms with E-state index in [0.29, 0.717) is 19.0 Å². The summed E-state index contributed by atoms with van der Waals surface area (Å²) in [4.78, 5) is 14.8. The van der Waals surface area contributed by atoms with Crippen molar-refractivity contribution in [1.29, 1.82) is 0 Å². The van der Waals surface area contributed by atoms with E-state index in [1.54, 1.807) is 18.3 Å². The molecule has 20 heavy (non-hydrogen) atoms. The number of ether oxygens (including phenoxy) is 2. The molecule has 1 heterocycles. The minimum Gasteiger partial charge on any atom is -0.490 e. The molecule has 0 amide bonds. The van der Waals surface area contributed by atoms with Gasteiger partial charge in [0.2, 0.25) is 0 Å². The first-order valence-electron chi connectivity index (χ1n) is 6.17. The number of aromatic carboxylic acids is 1. The van der Waals surface area contributed by atoms with Crippen LogP contribution in [0.1, 0.15) is 16.1 Å². The highest BCUT2D eigenvalue weighted by Crippen LogP contribution is 2.14. The molecule has 0 saturated carbocycles. The summed E-state index contributed by atoms with van der Waals surface area (Å²) in [6.45, 7) is 2.65. The molecule has 0 atom stereocenters. The second kappa shape index (κ2) is 6.56. The van der Waals surface area contributed by atoms with Crippen LogP contribution in [0, 0.1) is 6.92 Å². The predicted molar refractivity (Wildman–Crippen MR) is 73.4 cm³/mol. The van der Waals surface area contributed by atoms with Crippen molar-refractivity contribution >= 4 is 5.97 Å². The lowest BCUT2D eigenvalue weighted by atomic mass is 10.2. The lowest BCUT2D eigenvalue weighted by Gasteiger charge is -2.09. The molecular weight excluding hydrogens is 258 g/mol. The van der Waals surface area contributed by atoms with Gasteiger partial charge in [-0.3, -0.25) is 4.98 Å². The fourth-order valence-corrected chi connectivity index (χ4v) is 1.63. The Hall–Kier alpha value is -2.56. The number of benzene rings is 1. The van der Waals surface area contributed by atoms with Gasteiger partial charge in [-0.2, -0.15) is 0 Å². The highest BCUT2D eigenvalue weighted by Gasteiger charge is 2.02. The van der Waals surface area contributed by atoms with E-state index in [9.17, 15) is 4.79 Å². The van der Waals surface area contributed by atoms with Crippen molar-refractivity contribution in [2.75, 3.05) is 13.2 Å². The number of carbonyl (C=O) groups is 1. The van der Waals surface area contributed by atoms with Crippen molar-refractivity contribution < 1.29 is 19.4 Å². The Morgan fingerprint density at radius 3 is 2.50 bits per heavy atom. The van der Waals surface area contributed by atoms with Crippen LogP contribution < -0.4 is 9.47 Å². The van der Waals surface area contributed by atoms with Crippen LogP contribution in [0.3, 0.4) is 0 Å². The van der Waals surface area contributed by atoms with E-state index < -0.39 is 5.97 Å². The van der Waals surface area contributed by atoms with Crippen LogP contribution in [0.25, 0.3) is 0 Å².